The van der Waals surface area contributed by atoms with Crippen LogP contribution in [0.25, 0.3) is 0 Å². The number of aromatic nitrogens is 1. The molecule has 22 heavy (non-hydrogen) atoms. The van der Waals surface area contributed by atoms with Gasteiger partial charge in [0.15, 0.2) is 0 Å². The van der Waals surface area contributed by atoms with Crippen LogP contribution in [0.4, 0.5) is 0 Å². The van der Waals surface area contributed by atoms with Gasteiger partial charge in [-0.05, 0) is 52.2 Å². The van der Waals surface area contributed by atoms with E-state index in [1.807, 2.05) is 17.0 Å². The molecular formula is C18H28N2O2. The number of rotatable bonds is 5. The predicted octanol–water partition coefficient (Wildman–Crippen LogP) is 3.45. The molecule has 2 rings (SSSR count). The summed E-state index contributed by atoms with van der Waals surface area (Å²) in [5, 5.41) is 0. The second-order valence-corrected chi connectivity index (χ2v) is 6.63. The number of carbonyl (C=O) groups is 1. The van der Waals surface area contributed by atoms with Crippen LogP contribution in [-0.4, -0.2) is 40.6 Å². The Morgan fingerprint density at radius 3 is 2.86 bits per heavy atom. The van der Waals surface area contributed by atoms with Gasteiger partial charge in [-0.15, -0.1) is 0 Å². The smallest absolute Gasteiger partial charge is 0.254 e. The van der Waals surface area contributed by atoms with E-state index < -0.39 is 0 Å². The van der Waals surface area contributed by atoms with Gasteiger partial charge in [0.2, 0.25) is 0 Å². The molecule has 0 spiro atoms. The highest BCUT2D eigenvalue weighted by atomic mass is 16.5. The predicted molar refractivity (Wildman–Crippen MR) is 88.0 cm³/mol. The average molecular weight is 304 g/mol. The first-order valence-corrected chi connectivity index (χ1v) is 8.36. The Balaban J connectivity index is 2.16. The van der Waals surface area contributed by atoms with Crippen molar-refractivity contribution in [2.75, 3.05) is 13.2 Å². The summed E-state index contributed by atoms with van der Waals surface area (Å²) in [5.74, 6) is 0.116. The quantitative estimate of drug-likeness (QED) is 0.836. The number of hydrogen-bond donors (Lipinski definition) is 0. The van der Waals surface area contributed by atoms with Crippen molar-refractivity contribution in [2.24, 2.45) is 0 Å². The van der Waals surface area contributed by atoms with Crippen molar-refractivity contribution >= 4 is 5.91 Å². The Kier molecular flexibility index (Phi) is 5.57. The van der Waals surface area contributed by atoms with Gasteiger partial charge in [-0.3, -0.25) is 9.78 Å². The molecule has 1 aliphatic rings. The summed E-state index contributed by atoms with van der Waals surface area (Å²) in [6.07, 6.45) is 5.50. The van der Waals surface area contributed by atoms with Crippen LogP contribution in [0.5, 0.6) is 0 Å². The SMILES string of the molecule is CCCc1cc(C(=O)N(CC)C2CCOC(C)(C)C2)ccn1. The van der Waals surface area contributed by atoms with Gasteiger partial charge >= 0.3 is 0 Å². The van der Waals surface area contributed by atoms with Crippen LogP contribution in [-0.2, 0) is 11.2 Å². The molecule has 0 saturated carbocycles. The van der Waals surface area contributed by atoms with Gasteiger partial charge in [0.25, 0.3) is 5.91 Å². The Bertz CT molecular complexity index is 514. The molecule has 2 heterocycles. The Hall–Kier alpha value is -1.42. The molecule has 1 unspecified atom stereocenters. The lowest BCUT2D eigenvalue weighted by atomic mass is 9.92. The largest absolute Gasteiger partial charge is 0.375 e. The second-order valence-electron chi connectivity index (χ2n) is 6.63. The molecule has 1 atom stereocenters. The summed E-state index contributed by atoms with van der Waals surface area (Å²) in [6.45, 7) is 9.82. The second kappa shape index (κ2) is 7.23. The zero-order chi connectivity index (χ0) is 16.2. The first kappa shape index (κ1) is 16.9. The third kappa shape index (κ3) is 4.07. The molecule has 0 radical (unpaired) electrons. The number of aryl methyl sites for hydroxylation is 1. The molecule has 1 amide bonds. The van der Waals surface area contributed by atoms with Gasteiger partial charge < -0.3 is 9.64 Å². The van der Waals surface area contributed by atoms with Crippen molar-refractivity contribution in [3.05, 3.63) is 29.6 Å². The average Bonchev–Trinajstić information content (AvgIpc) is 2.47. The van der Waals surface area contributed by atoms with E-state index in [2.05, 4.69) is 32.7 Å². The van der Waals surface area contributed by atoms with Gasteiger partial charge in [-0.25, -0.2) is 0 Å². The summed E-state index contributed by atoms with van der Waals surface area (Å²) in [7, 11) is 0. The minimum atomic E-state index is -0.151. The molecule has 0 aliphatic carbocycles. The first-order valence-electron chi connectivity index (χ1n) is 8.36. The molecule has 1 aliphatic heterocycles. The van der Waals surface area contributed by atoms with E-state index in [-0.39, 0.29) is 17.6 Å². The van der Waals surface area contributed by atoms with Crippen molar-refractivity contribution in [2.45, 2.75) is 65.0 Å². The Morgan fingerprint density at radius 1 is 1.45 bits per heavy atom. The minimum Gasteiger partial charge on any atom is -0.375 e. The zero-order valence-corrected chi connectivity index (χ0v) is 14.3. The van der Waals surface area contributed by atoms with Crippen LogP contribution in [0.15, 0.2) is 18.3 Å². The highest BCUT2D eigenvalue weighted by Gasteiger charge is 2.34. The summed E-state index contributed by atoms with van der Waals surface area (Å²) in [6, 6.07) is 4.03. The monoisotopic (exact) mass is 304 g/mol. The number of nitrogens with zero attached hydrogens (tertiary/aromatic N) is 2. The van der Waals surface area contributed by atoms with Crippen molar-refractivity contribution in [3.63, 3.8) is 0 Å². The third-order valence-corrected chi connectivity index (χ3v) is 4.28. The summed E-state index contributed by atoms with van der Waals surface area (Å²) < 4.78 is 5.78. The van der Waals surface area contributed by atoms with Crippen LogP contribution in [0.1, 0.15) is 63.0 Å². The van der Waals surface area contributed by atoms with Gasteiger partial charge in [0.05, 0.1) is 5.60 Å². The highest BCUT2D eigenvalue weighted by Crippen LogP contribution is 2.28. The van der Waals surface area contributed by atoms with Crippen LogP contribution in [0, 0.1) is 0 Å². The normalized spacial score (nSPS) is 20.6. The molecule has 1 aromatic heterocycles. The Morgan fingerprint density at radius 2 is 2.23 bits per heavy atom. The minimum absolute atomic E-state index is 0.116. The molecule has 0 aromatic carbocycles. The number of amides is 1. The standard InChI is InChI=1S/C18H28N2O2/c1-5-7-15-12-14(8-10-19-15)17(21)20(6-2)16-9-11-22-18(3,4)13-16/h8,10,12,16H,5-7,9,11,13H2,1-4H3. The topological polar surface area (TPSA) is 42.4 Å². The maximum atomic E-state index is 12.9. The van der Waals surface area contributed by atoms with Gasteiger partial charge in [-0.2, -0.15) is 0 Å². The van der Waals surface area contributed by atoms with E-state index in [1.165, 1.54) is 0 Å². The van der Waals surface area contributed by atoms with Gasteiger partial charge in [0.1, 0.15) is 0 Å². The fourth-order valence-electron chi connectivity index (χ4n) is 3.20. The van der Waals surface area contributed by atoms with Crippen LogP contribution in [0.2, 0.25) is 0 Å². The lowest BCUT2D eigenvalue weighted by Gasteiger charge is -2.41. The van der Waals surface area contributed by atoms with Crippen molar-refractivity contribution < 1.29 is 9.53 Å². The van der Waals surface area contributed by atoms with E-state index in [0.29, 0.717) is 0 Å². The van der Waals surface area contributed by atoms with Gasteiger partial charge in [0, 0.05) is 36.6 Å². The van der Waals surface area contributed by atoms with E-state index in [1.54, 1.807) is 6.20 Å². The van der Waals surface area contributed by atoms with Gasteiger partial charge in [-0.1, -0.05) is 13.3 Å². The summed E-state index contributed by atoms with van der Waals surface area (Å²) in [4.78, 5) is 19.2. The summed E-state index contributed by atoms with van der Waals surface area (Å²) in [5.41, 5.74) is 1.60. The first-order chi connectivity index (χ1) is 10.5. The van der Waals surface area contributed by atoms with Crippen molar-refractivity contribution in [1.29, 1.82) is 0 Å². The lowest BCUT2D eigenvalue weighted by Crippen LogP contribution is -2.48. The number of ether oxygens (including phenoxy) is 1. The number of pyridine rings is 1. The molecule has 1 aromatic rings. The van der Waals surface area contributed by atoms with E-state index in [9.17, 15) is 4.79 Å². The molecule has 0 N–H and O–H groups in total. The van der Waals surface area contributed by atoms with E-state index in [4.69, 9.17) is 4.74 Å². The van der Waals surface area contributed by atoms with E-state index in [0.717, 1.165) is 50.1 Å². The molecule has 1 fully saturated rings. The highest BCUT2D eigenvalue weighted by molar-refractivity contribution is 5.94. The summed E-state index contributed by atoms with van der Waals surface area (Å²) >= 11 is 0. The molecule has 4 heteroatoms. The molecule has 4 nitrogen and oxygen atoms in total. The maximum Gasteiger partial charge on any atom is 0.254 e. The fourth-order valence-corrected chi connectivity index (χ4v) is 3.20. The van der Waals surface area contributed by atoms with Crippen LogP contribution >= 0.6 is 0 Å². The Labute approximate surface area is 133 Å². The molecular weight excluding hydrogens is 276 g/mol. The molecule has 122 valence electrons. The maximum absolute atomic E-state index is 12.9. The van der Waals surface area contributed by atoms with Crippen molar-refractivity contribution in [3.8, 4) is 0 Å². The zero-order valence-electron chi connectivity index (χ0n) is 14.3. The van der Waals surface area contributed by atoms with Crippen LogP contribution < -0.4 is 0 Å². The number of hydrogen-bond acceptors (Lipinski definition) is 3. The third-order valence-electron chi connectivity index (χ3n) is 4.28. The molecule has 0 bridgehead atoms. The fraction of sp³-hybridized carbons (Fsp3) is 0.667. The molecule has 1 saturated heterocycles. The lowest BCUT2D eigenvalue weighted by molar-refractivity contribution is -0.0777. The van der Waals surface area contributed by atoms with Crippen molar-refractivity contribution in [1.82, 2.24) is 9.88 Å². The van der Waals surface area contributed by atoms with Crippen LogP contribution in [0.3, 0.4) is 0 Å². The number of carbonyl (C=O) groups excluding carboxylic acids is 1. The van der Waals surface area contributed by atoms with E-state index >= 15 is 0 Å².